The van der Waals surface area contributed by atoms with Crippen LogP contribution in [0, 0.1) is 0 Å². The highest BCUT2D eigenvalue weighted by molar-refractivity contribution is 6.34. The molecule has 0 saturated heterocycles. The normalized spacial score (nSPS) is 10.4. The van der Waals surface area contributed by atoms with Crippen molar-refractivity contribution in [3.63, 3.8) is 0 Å². The molecule has 1 heterocycles. The van der Waals surface area contributed by atoms with Crippen LogP contribution >= 0.6 is 11.6 Å². The van der Waals surface area contributed by atoms with Gasteiger partial charge in [0.25, 0.3) is 0 Å². The van der Waals surface area contributed by atoms with Crippen LogP contribution in [-0.4, -0.2) is 27.3 Å². The SMILES string of the molecule is CCOC(=O)c1cc(N)cc(Cl)c1NCc1nncn1C. The first-order valence-corrected chi connectivity index (χ1v) is 6.73. The second kappa shape index (κ2) is 6.45. The van der Waals surface area contributed by atoms with Crippen LogP contribution in [0.3, 0.4) is 0 Å². The van der Waals surface area contributed by atoms with E-state index >= 15 is 0 Å². The van der Waals surface area contributed by atoms with Gasteiger partial charge in [0.1, 0.15) is 6.33 Å². The van der Waals surface area contributed by atoms with Crippen LogP contribution < -0.4 is 11.1 Å². The van der Waals surface area contributed by atoms with Crippen LogP contribution in [0.15, 0.2) is 18.5 Å². The van der Waals surface area contributed by atoms with Gasteiger partial charge in [0.15, 0.2) is 5.82 Å². The number of benzene rings is 1. The molecule has 1 aromatic heterocycles. The molecule has 0 aliphatic rings. The molecule has 0 amide bonds. The van der Waals surface area contributed by atoms with E-state index in [1.807, 2.05) is 7.05 Å². The van der Waals surface area contributed by atoms with Crippen molar-refractivity contribution in [2.45, 2.75) is 13.5 Å². The van der Waals surface area contributed by atoms with E-state index in [2.05, 4.69) is 15.5 Å². The number of anilines is 2. The third-order valence-electron chi connectivity index (χ3n) is 2.84. The first kappa shape index (κ1) is 15.1. The number of nitrogens with two attached hydrogens (primary N) is 1. The Labute approximate surface area is 127 Å². The van der Waals surface area contributed by atoms with E-state index in [0.717, 1.165) is 0 Å². The lowest BCUT2D eigenvalue weighted by molar-refractivity contribution is 0.0527. The standard InChI is InChI=1S/C13H16ClN5O2/c1-3-21-13(20)9-4-8(15)5-10(14)12(9)16-6-11-18-17-7-19(11)2/h4-5,7,16H,3,6,15H2,1-2H3. The van der Waals surface area contributed by atoms with Crippen molar-refractivity contribution in [2.75, 3.05) is 17.7 Å². The maximum absolute atomic E-state index is 12.0. The first-order valence-electron chi connectivity index (χ1n) is 6.35. The average molecular weight is 310 g/mol. The minimum Gasteiger partial charge on any atom is -0.462 e. The summed E-state index contributed by atoms with van der Waals surface area (Å²) in [5.41, 5.74) is 6.89. The topological polar surface area (TPSA) is 95.1 Å². The molecule has 0 unspecified atom stereocenters. The molecule has 0 saturated carbocycles. The lowest BCUT2D eigenvalue weighted by Gasteiger charge is -2.13. The van der Waals surface area contributed by atoms with Gasteiger partial charge in [-0.05, 0) is 19.1 Å². The van der Waals surface area contributed by atoms with Gasteiger partial charge in [-0.15, -0.1) is 10.2 Å². The monoisotopic (exact) mass is 309 g/mol. The second-order valence-corrected chi connectivity index (χ2v) is 4.76. The Balaban J connectivity index is 2.28. The highest BCUT2D eigenvalue weighted by Crippen LogP contribution is 2.30. The van der Waals surface area contributed by atoms with E-state index in [9.17, 15) is 4.79 Å². The Morgan fingerprint density at radius 2 is 2.29 bits per heavy atom. The number of halogens is 1. The molecular formula is C13H16ClN5O2. The van der Waals surface area contributed by atoms with Gasteiger partial charge in [0.05, 0.1) is 29.4 Å². The summed E-state index contributed by atoms with van der Waals surface area (Å²) in [6.07, 6.45) is 1.59. The first-order chi connectivity index (χ1) is 10.0. The Morgan fingerprint density at radius 3 is 2.90 bits per heavy atom. The molecule has 0 aliphatic heterocycles. The number of hydrogen-bond acceptors (Lipinski definition) is 6. The zero-order valence-corrected chi connectivity index (χ0v) is 12.5. The number of nitrogens with one attached hydrogen (secondary N) is 1. The summed E-state index contributed by atoms with van der Waals surface area (Å²) in [7, 11) is 1.83. The smallest absolute Gasteiger partial charge is 0.340 e. The largest absolute Gasteiger partial charge is 0.462 e. The number of ether oxygens (including phenoxy) is 1. The molecule has 2 rings (SSSR count). The minimum absolute atomic E-state index is 0.272. The predicted molar refractivity (Wildman–Crippen MR) is 80.2 cm³/mol. The highest BCUT2D eigenvalue weighted by Gasteiger charge is 2.17. The van der Waals surface area contributed by atoms with Crippen LogP contribution in [-0.2, 0) is 18.3 Å². The molecular weight excluding hydrogens is 294 g/mol. The van der Waals surface area contributed by atoms with Crippen LogP contribution in [0.2, 0.25) is 5.02 Å². The molecule has 0 bridgehead atoms. The van der Waals surface area contributed by atoms with Gasteiger partial charge in [-0.25, -0.2) is 4.79 Å². The zero-order chi connectivity index (χ0) is 15.4. The summed E-state index contributed by atoms with van der Waals surface area (Å²) >= 11 is 6.17. The lowest BCUT2D eigenvalue weighted by Crippen LogP contribution is -2.12. The number of aryl methyl sites for hydroxylation is 1. The molecule has 0 spiro atoms. The van der Waals surface area contributed by atoms with Crippen molar-refractivity contribution < 1.29 is 9.53 Å². The zero-order valence-electron chi connectivity index (χ0n) is 11.8. The molecule has 0 atom stereocenters. The van der Waals surface area contributed by atoms with Crippen LogP contribution in [0.1, 0.15) is 23.1 Å². The van der Waals surface area contributed by atoms with Gasteiger partial charge >= 0.3 is 5.97 Å². The van der Waals surface area contributed by atoms with Gasteiger partial charge in [-0.1, -0.05) is 11.6 Å². The van der Waals surface area contributed by atoms with Gasteiger partial charge in [0, 0.05) is 12.7 Å². The van der Waals surface area contributed by atoms with Gasteiger partial charge in [-0.3, -0.25) is 0 Å². The number of rotatable bonds is 5. The van der Waals surface area contributed by atoms with Gasteiger partial charge < -0.3 is 20.4 Å². The van der Waals surface area contributed by atoms with Crippen molar-refractivity contribution >= 4 is 28.9 Å². The Hall–Kier alpha value is -2.28. The highest BCUT2D eigenvalue weighted by atomic mass is 35.5. The fraction of sp³-hybridized carbons (Fsp3) is 0.308. The molecule has 112 valence electrons. The van der Waals surface area contributed by atoms with E-state index in [-0.39, 0.29) is 6.61 Å². The molecule has 8 heteroatoms. The number of nitrogen functional groups attached to an aromatic ring is 1. The van der Waals surface area contributed by atoms with E-state index in [0.29, 0.717) is 34.3 Å². The van der Waals surface area contributed by atoms with Crippen LogP contribution in [0.5, 0.6) is 0 Å². The van der Waals surface area contributed by atoms with Gasteiger partial charge in [0.2, 0.25) is 0 Å². The molecule has 21 heavy (non-hydrogen) atoms. The number of esters is 1. The third-order valence-corrected chi connectivity index (χ3v) is 3.13. The van der Waals surface area contributed by atoms with Crippen LogP contribution in [0.4, 0.5) is 11.4 Å². The van der Waals surface area contributed by atoms with Crippen molar-refractivity contribution in [2.24, 2.45) is 7.05 Å². The summed E-state index contributed by atoms with van der Waals surface area (Å²) < 4.78 is 6.78. The van der Waals surface area contributed by atoms with E-state index in [1.54, 1.807) is 23.9 Å². The molecule has 0 radical (unpaired) electrons. The Bertz CT molecular complexity index is 656. The number of carbonyl (C=O) groups excluding carboxylic acids is 1. The second-order valence-electron chi connectivity index (χ2n) is 4.36. The summed E-state index contributed by atoms with van der Waals surface area (Å²) in [5, 5.41) is 11.2. The van der Waals surface area contributed by atoms with E-state index in [1.165, 1.54) is 6.07 Å². The number of hydrogen-bond donors (Lipinski definition) is 2. The number of nitrogens with zero attached hydrogens (tertiary/aromatic N) is 3. The van der Waals surface area contributed by atoms with Crippen molar-refractivity contribution in [3.05, 3.63) is 34.9 Å². The van der Waals surface area contributed by atoms with E-state index in [4.69, 9.17) is 22.1 Å². The summed E-state index contributed by atoms with van der Waals surface area (Å²) in [6, 6.07) is 3.10. The molecule has 1 aromatic carbocycles. The molecule has 0 fully saturated rings. The van der Waals surface area contributed by atoms with Crippen LogP contribution in [0.25, 0.3) is 0 Å². The lowest BCUT2D eigenvalue weighted by atomic mass is 10.1. The van der Waals surface area contributed by atoms with Crippen molar-refractivity contribution in [3.8, 4) is 0 Å². The van der Waals surface area contributed by atoms with Gasteiger partial charge in [-0.2, -0.15) is 0 Å². The predicted octanol–water partition coefficient (Wildman–Crippen LogP) is 1.84. The third kappa shape index (κ3) is 3.43. The fourth-order valence-corrected chi connectivity index (χ4v) is 2.11. The van der Waals surface area contributed by atoms with Crippen molar-refractivity contribution in [1.29, 1.82) is 0 Å². The molecule has 2 aromatic rings. The quantitative estimate of drug-likeness (QED) is 0.646. The fourth-order valence-electron chi connectivity index (χ4n) is 1.81. The Morgan fingerprint density at radius 1 is 1.52 bits per heavy atom. The number of carbonyl (C=O) groups is 1. The summed E-state index contributed by atoms with van der Waals surface area (Å²) in [4.78, 5) is 12.0. The molecule has 3 N–H and O–H groups in total. The molecule has 0 aliphatic carbocycles. The summed E-state index contributed by atoms with van der Waals surface area (Å²) in [6.45, 7) is 2.37. The Kier molecular flexibility index (Phi) is 4.64. The maximum Gasteiger partial charge on any atom is 0.340 e. The van der Waals surface area contributed by atoms with E-state index < -0.39 is 5.97 Å². The number of aromatic nitrogens is 3. The summed E-state index contributed by atoms with van der Waals surface area (Å²) in [5.74, 6) is 0.227. The average Bonchev–Trinajstić information content (AvgIpc) is 2.83. The maximum atomic E-state index is 12.0. The molecule has 7 nitrogen and oxygen atoms in total. The minimum atomic E-state index is -0.479. The van der Waals surface area contributed by atoms with Crippen molar-refractivity contribution in [1.82, 2.24) is 14.8 Å².